The van der Waals surface area contributed by atoms with Gasteiger partial charge in [0, 0.05) is 6.04 Å². The van der Waals surface area contributed by atoms with Crippen molar-refractivity contribution in [2.24, 2.45) is 0 Å². The van der Waals surface area contributed by atoms with Crippen molar-refractivity contribution in [2.75, 3.05) is 14.1 Å². The Balaban J connectivity index is 1.81. The molecule has 1 saturated carbocycles. The van der Waals surface area contributed by atoms with Crippen LogP contribution in [0.4, 0.5) is 0 Å². The average molecular weight is 241 g/mol. The van der Waals surface area contributed by atoms with E-state index in [1.807, 2.05) is 0 Å². The van der Waals surface area contributed by atoms with Crippen LogP contribution in [0.1, 0.15) is 49.1 Å². The fourth-order valence-corrected chi connectivity index (χ4v) is 2.97. The van der Waals surface area contributed by atoms with Crippen LogP contribution in [0.3, 0.4) is 0 Å². The van der Waals surface area contributed by atoms with Crippen LogP contribution in [-0.2, 0) is 0 Å². The highest BCUT2D eigenvalue weighted by Crippen LogP contribution is 2.41. The van der Waals surface area contributed by atoms with Crippen LogP contribution in [-0.4, -0.2) is 25.0 Å². The number of rotatable bonds is 3. The maximum Gasteiger partial charge on any atom is 0.0133 e. The Kier molecular flexibility index (Phi) is 3.25. The zero-order chi connectivity index (χ0) is 12.5. The average Bonchev–Trinajstić information content (AvgIpc) is 3.23. The van der Waals surface area contributed by atoms with Gasteiger partial charge in [-0.3, -0.25) is 0 Å². The van der Waals surface area contributed by atoms with Gasteiger partial charge in [-0.15, -0.1) is 0 Å². The van der Waals surface area contributed by atoms with Crippen LogP contribution in [0, 0.1) is 0 Å². The number of benzene rings is 1. The van der Waals surface area contributed by atoms with E-state index >= 15 is 0 Å². The minimum absolute atomic E-state index is 0.717. The smallest absolute Gasteiger partial charge is 0.0133 e. The summed E-state index contributed by atoms with van der Waals surface area (Å²) in [7, 11) is 4.41. The van der Waals surface area contributed by atoms with E-state index in [0.717, 1.165) is 12.0 Å². The highest BCUT2D eigenvalue weighted by molar-refractivity contribution is 5.67. The lowest BCUT2D eigenvalue weighted by atomic mass is 9.89. The summed E-state index contributed by atoms with van der Waals surface area (Å²) >= 11 is 0. The number of hydrogen-bond donors (Lipinski definition) is 0. The molecule has 0 saturated heterocycles. The van der Waals surface area contributed by atoms with Crippen LogP contribution >= 0.6 is 0 Å². The molecule has 1 fully saturated rings. The molecule has 1 aromatic rings. The molecular weight excluding hydrogens is 218 g/mol. The first-order chi connectivity index (χ1) is 8.74. The summed E-state index contributed by atoms with van der Waals surface area (Å²) in [6, 6.07) is 9.98. The van der Waals surface area contributed by atoms with Crippen molar-refractivity contribution in [3.8, 4) is 0 Å². The Bertz CT molecular complexity index is 454. The maximum atomic E-state index is 2.45. The molecule has 2 aliphatic rings. The topological polar surface area (TPSA) is 3.24 Å². The molecule has 1 aromatic carbocycles. The van der Waals surface area contributed by atoms with E-state index in [9.17, 15) is 0 Å². The molecule has 0 aromatic heterocycles. The Labute approximate surface area is 111 Å². The molecule has 1 heteroatoms. The van der Waals surface area contributed by atoms with Crippen molar-refractivity contribution in [1.29, 1.82) is 0 Å². The molecule has 1 nitrogen and oxygen atoms in total. The minimum atomic E-state index is 0.717. The van der Waals surface area contributed by atoms with Gasteiger partial charge in [0.05, 0.1) is 0 Å². The molecule has 0 bridgehead atoms. The Morgan fingerprint density at radius 3 is 2.67 bits per heavy atom. The molecule has 0 radical (unpaired) electrons. The Morgan fingerprint density at radius 1 is 1.11 bits per heavy atom. The lowest BCUT2D eigenvalue weighted by molar-refractivity contribution is 0.279. The fourth-order valence-electron chi connectivity index (χ4n) is 2.97. The summed E-state index contributed by atoms with van der Waals surface area (Å²) < 4.78 is 0. The second-order valence-corrected chi connectivity index (χ2v) is 6.03. The van der Waals surface area contributed by atoms with Gasteiger partial charge in [0.15, 0.2) is 0 Å². The molecule has 96 valence electrons. The first-order valence-electron chi connectivity index (χ1n) is 7.20. The molecule has 18 heavy (non-hydrogen) atoms. The Hall–Kier alpha value is -1.08. The Morgan fingerprint density at radius 2 is 1.94 bits per heavy atom. The molecule has 3 rings (SSSR count). The molecule has 1 unspecified atom stereocenters. The SMILES string of the molecule is CN(C)C1CCC=C(c2cccc(C3CC3)c2)C1. The molecule has 0 spiro atoms. The highest BCUT2D eigenvalue weighted by atomic mass is 15.1. The van der Waals surface area contributed by atoms with Crippen LogP contribution in [0.5, 0.6) is 0 Å². The van der Waals surface area contributed by atoms with E-state index in [2.05, 4.69) is 49.3 Å². The monoisotopic (exact) mass is 241 g/mol. The predicted octanol–water partition coefficient (Wildman–Crippen LogP) is 4.06. The fraction of sp³-hybridized carbons (Fsp3) is 0.529. The first kappa shape index (κ1) is 12.0. The van der Waals surface area contributed by atoms with Crippen LogP contribution in [0.25, 0.3) is 5.57 Å². The predicted molar refractivity (Wildman–Crippen MR) is 77.7 cm³/mol. The zero-order valence-electron chi connectivity index (χ0n) is 11.5. The van der Waals surface area contributed by atoms with E-state index in [4.69, 9.17) is 0 Å². The van der Waals surface area contributed by atoms with E-state index in [1.54, 1.807) is 11.1 Å². The minimum Gasteiger partial charge on any atom is -0.306 e. The van der Waals surface area contributed by atoms with Crippen molar-refractivity contribution < 1.29 is 0 Å². The van der Waals surface area contributed by atoms with E-state index in [0.29, 0.717) is 0 Å². The van der Waals surface area contributed by atoms with Gasteiger partial charge < -0.3 is 4.90 Å². The van der Waals surface area contributed by atoms with Gasteiger partial charge in [0.2, 0.25) is 0 Å². The van der Waals surface area contributed by atoms with Crippen molar-refractivity contribution >= 4 is 5.57 Å². The maximum absolute atomic E-state index is 2.45. The van der Waals surface area contributed by atoms with E-state index in [1.165, 1.54) is 37.7 Å². The normalized spacial score (nSPS) is 24.2. The summed E-state index contributed by atoms with van der Waals surface area (Å²) in [6.45, 7) is 0. The first-order valence-corrected chi connectivity index (χ1v) is 7.20. The third kappa shape index (κ3) is 2.51. The highest BCUT2D eigenvalue weighted by Gasteiger charge is 2.24. The lowest BCUT2D eigenvalue weighted by Crippen LogP contribution is -2.29. The van der Waals surface area contributed by atoms with Gasteiger partial charge in [-0.1, -0.05) is 30.3 Å². The summed E-state index contributed by atoms with van der Waals surface area (Å²) in [6.07, 6.45) is 8.98. The van der Waals surface area contributed by atoms with Crippen molar-refractivity contribution in [3.05, 3.63) is 41.5 Å². The van der Waals surface area contributed by atoms with Crippen LogP contribution < -0.4 is 0 Å². The van der Waals surface area contributed by atoms with Crippen LogP contribution in [0.15, 0.2) is 30.3 Å². The van der Waals surface area contributed by atoms with Crippen molar-refractivity contribution in [3.63, 3.8) is 0 Å². The van der Waals surface area contributed by atoms with Gasteiger partial charge in [0.1, 0.15) is 0 Å². The molecular formula is C17H23N. The zero-order valence-corrected chi connectivity index (χ0v) is 11.5. The quantitative estimate of drug-likeness (QED) is 0.771. The van der Waals surface area contributed by atoms with Gasteiger partial charge in [-0.05, 0) is 68.8 Å². The van der Waals surface area contributed by atoms with E-state index in [-0.39, 0.29) is 0 Å². The largest absolute Gasteiger partial charge is 0.306 e. The summed E-state index contributed by atoms with van der Waals surface area (Å²) in [5, 5.41) is 0. The van der Waals surface area contributed by atoms with Gasteiger partial charge in [-0.2, -0.15) is 0 Å². The molecule has 0 N–H and O–H groups in total. The van der Waals surface area contributed by atoms with Gasteiger partial charge in [0.25, 0.3) is 0 Å². The second-order valence-electron chi connectivity index (χ2n) is 6.03. The summed E-state index contributed by atoms with van der Waals surface area (Å²) in [4.78, 5) is 2.37. The molecule has 0 aliphatic heterocycles. The summed E-state index contributed by atoms with van der Waals surface area (Å²) in [5.41, 5.74) is 4.58. The van der Waals surface area contributed by atoms with Gasteiger partial charge >= 0.3 is 0 Å². The molecule has 2 aliphatic carbocycles. The lowest BCUT2D eigenvalue weighted by Gasteiger charge is -2.28. The van der Waals surface area contributed by atoms with Crippen molar-refractivity contribution in [2.45, 2.75) is 44.1 Å². The standard InChI is InChI=1S/C17H23N/c1-18(2)17-8-4-7-16(12-17)15-6-3-5-14(11-15)13-9-10-13/h3,5-7,11,13,17H,4,8-10,12H2,1-2H3. The molecule has 0 heterocycles. The van der Waals surface area contributed by atoms with Crippen LogP contribution in [0.2, 0.25) is 0 Å². The third-order valence-corrected chi connectivity index (χ3v) is 4.38. The second kappa shape index (κ2) is 4.89. The molecule has 0 amide bonds. The number of nitrogens with zero attached hydrogens (tertiary/aromatic N) is 1. The summed E-state index contributed by atoms with van der Waals surface area (Å²) in [5.74, 6) is 0.860. The van der Waals surface area contributed by atoms with Gasteiger partial charge in [-0.25, -0.2) is 0 Å². The van der Waals surface area contributed by atoms with E-state index < -0.39 is 0 Å². The third-order valence-electron chi connectivity index (χ3n) is 4.38. The van der Waals surface area contributed by atoms with Crippen molar-refractivity contribution in [1.82, 2.24) is 4.90 Å². The number of allylic oxidation sites excluding steroid dienone is 1. The molecule has 1 atom stereocenters. The number of hydrogen-bond acceptors (Lipinski definition) is 1.